The Balaban J connectivity index is 2.42. The van der Waals surface area contributed by atoms with Gasteiger partial charge >= 0.3 is 5.97 Å². The highest BCUT2D eigenvalue weighted by molar-refractivity contribution is 5.86. The van der Waals surface area contributed by atoms with E-state index >= 15 is 0 Å². The molecule has 0 aliphatic carbocycles. The monoisotopic (exact) mass is 335 g/mol. The number of aliphatic carboxylic acids is 1. The maximum Gasteiger partial charge on any atom is 0.331 e. The van der Waals surface area contributed by atoms with Crippen molar-refractivity contribution in [2.45, 2.75) is 38.3 Å². The number of hydrogen-bond acceptors (Lipinski definition) is 2. The van der Waals surface area contributed by atoms with E-state index in [4.69, 9.17) is 5.11 Å². The van der Waals surface area contributed by atoms with Gasteiger partial charge in [0.2, 0.25) is 5.91 Å². The van der Waals surface area contributed by atoms with Gasteiger partial charge in [0, 0.05) is 17.6 Å². The Morgan fingerprint density at radius 1 is 1.38 bits per heavy atom. The lowest BCUT2D eigenvalue weighted by molar-refractivity contribution is -0.134. The summed E-state index contributed by atoms with van der Waals surface area (Å²) in [5.74, 6) is -2.54. The molecule has 1 aromatic rings. The van der Waals surface area contributed by atoms with Gasteiger partial charge in [-0.05, 0) is 38.0 Å². The molecule has 2 rings (SSSR count). The van der Waals surface area contributed by atoms with Crippen molar-refractivity contribution in [1.82, 2.24) is 4.90 Å². The van der Waals surface area contributed by atoms with Gasteiger partial charge in [-0.2, -0.15) is 0 Å². The molecule has 1 heterocycles. The number of carboxylic acids is 1. The minimum atomic E-state index is -1.08. The van der Waals surface area contributed by atoms with Crippen LogP contribution in [0.4, 0.5) is 8.78 Å². The van der Waals surface area contributed by atoms with Gasteiger partial charge in [0.05, 0.1) is 12.1 Å². The first-order valence-corrected chi connectivity index (χ1v) is 7.64. The number of hydrogen-bond donors (Lipinski definition) is 1. The Morgan fingerprint density at radius 3 is 2.71 bits per heavy atom. The van der Waals surface area contributed by atoms with E-state index in [0.29, 0.717) is 12.8 Å². The van der Waals surface area contributed by atoms with Crippen molar-refractivity contribution in [1.29, 1.82) is 0 Å². The molecule has 1 aliphatic heterocycles. The summed E-state index contributed by atoms with van der Waals surface area (Å²) in [5, 5.41) is 9.04. The fourth-order valence-electron chi connectivity index (χ4n) is 3.02. The number of benzene rings is 1. The molecule has 128 valence electrons. The molecule has 2 atom stereocenters. The summed E-state index contributed by atoms with van der Waals surface area (Å²) in [6, 6.07) is 2.05. The van der Waals surface area contributed by atoms with E-state index in [-0.39, 0.29) is 23.5 Å². The average molecular weight is 335 g/mol. The molecule has 1 amide bonds. The Kier molecular flexibility index (Phi) is 5.49. The predicted molar refractivity (Wildman–Crippen MR) is 85.2 cm³/mol. The first-order valence-electron chi connectivity index (χ1n) is 7.64. The number of amides is 1. The Bertz CT molecular complexity index is 700. The molecule has 1 saturated heterocycles. The highest BCUT2D eigenvalue weighted by Crippen LogP contribution is 2.38. The van der Waals surface area contributed by atoms with Gasteiger partial charge in [0.1, 0.15) is 11.6 Å². The van der Waals surface area contributed by atoms with Gasteiger partial charge in [-0.1, -0.05) is 12.2 Å². The molecule has 1 N–H and O–H groups in total. The molecule has 0 saturated carbocycles. The number of likely N-dealkylation sites (tertiary alicyclic amines) is 1. The van der Waals surface area contributed by atoms with Gasteiger partial charge in [0.15, 0.2) is 0 Å². The Morgan fingerprint density at radius 2 is 2.08 bits per heavy atom. The van der Waals surface area contributed by atoms with E-state index in [1.807, 2.05) is 0 Å². The lowest BCUT2D eigenvalue weighted by Crippen LogP contribution is -2.36. The summed E-state index contributed by atoms with van der Waals surface area (Å²) in [6.45, 7) is 4.96. The molecule has 24 heavy (non-hydrogen) atoms. The Hall–Kier alpha value is -2.50. The molecule has 1 aromatic carbocycles. The second-order valence-electron chi connectivity index (χ2n) is 5.77. The SMILES string of the molecule is C=CCC(=O)N1[C@@H](/C=C(\C)C(=O)O)CC[C@H]1c1cc(F)ccc1F. The van der Waals surface area contributed by atoms with E-state index in [1.165, 1.54) is 24.0 Å². The summed E-state index contributed by atoms with van der Waals surface area (Å²) in [4.78, 5) is 24.9. The number of rotatable bonds is 5. The maximum absolute atomic E-state index is 14.1. The van der Waals surface area contributed by atoms with Crippen LogP contribution >= 0.6 is 0 Å². The largest absolute Gasteiger partial charge is 0.478 e. The van der Waals surface area contributed by atoms with Gasteiger partial charge < -0.3 is 10.0 Å². The summed E-state index contributed by atoms with van der Waals surface area (Å²) in [6.07, 6.45) is 3.88. The average Bonchev–Trinajstić information content (AvgIpc) is 2.93. The lowest BCUT2D eigenvalue weighted by Gasteiger charge is -2.29. The summed E-state index contributed by atoms with van der Waals surface area (Å²) >= 11 is 0. The standard InChI is InChI=1S/C18H19F2NO3/c1-3-4-17(22)21-13(9-11(2)18(23)24)6-8-16(21)14-10-12(19)5-7-15(14)20/h3,5,7,9-10,13,16H,1,4,6,8H2,2H3,(H,23,24)/b11-9+/t13-,16+/m1/s1. The first-order chi connectivity index (χ1) is 11.3. The zero-order valence-corrected chi connectivity index (χ0v) is 13.3. The Labute approximate surface area is 139 Å². The smallest absolute Gasteiger partial charge is 0.331 e. The number of carbonyl (C=O) groups is 2. The van der Waals surface area contributed by atoms with Gasteiger partial charge in [-0.25, -0.2) is 13.6 Å². The maximum atomic E-state index is 14.1. The summed E-state index contributed by atoms with van der Waals surface area (Å²) < 4.78 is 27.6. The fraction of sp³-hybridized carbons (Fsp3) is 0.333. The van der Waals surface area contributed by atoms with Crippen LogP contribution in [0, 0.1) is 11.6 Å². The molecule has 1 aliphatic rings. The van der Waals surface area contributed by atoms with Crippen LogP contribution in [0.2, 0.25) is 0 Å². The molecular formula is C18H19F2NO3. The minimum absolute atomic E-state index is 0.0455. The van der Waals surface area contributed by atoms with Crippen molar-refractivity contribution in [3.8, 4) is 0 Å². The molecule has 0 bridgehead atoms. The molecule has 0 aromatic heterocycles. The molecular weight excluding hydrogens is 316 g/mol. The van der Waals surface area contributed by atoms with Crippen molar-refractivity contribution in [3.05, 3.63) is 59.7 Å². The van der Waals surface area contributed by atoms with E-state index < -0.39 is 29.7 Å². The third kappa shape index (κ3) is 3.69. The van der Waals surface area contributed by atoms with Gasteiger partial charge in [-0.15, -0.1) is 6.58 Å². The van der Waals surface area contributed by atoms with Gasteiger partial charge in [-0.3, -0.25) is 4.79 Å². The van der Waals surface area contributed by atoms with Crippen LogP contribution in [0.1, 0.15) is 37.8 Å². The van der Waals surface area contributed by atoms with Crippen LogP contribution in [-0.2, 0) is 9.59 Å². The minimum Gasteiger partial charge on any atom is -0.478 e. The van der Waals surface area contributed by atoms with Crippen molar-refractivity contribution in [2.75, 3.05) is 0 Å². The second kappa shape index (κ2) is 7.38. The van der Waals surface area contributed by atoms with Crippen LogP contribution in [-0.4, -0.2) is 27.9 Å². The molecule has 0 spiro atoms. The molecule has 6 heteroatoms. The van der Waals surface area contributed by atoms with Crippen LogP contribution in [0.3, 0.4) is 0 Å². The van der Waals surface area contributed by atoms with E-state index in [0.717, 1.165) is 18.2 Å². The number of nitrogens with zero attached hydrogens (tertiary/aromatic N) is 1. The third-order valence-electron chi connectivity index (χ3n) is 4.13. The third-order valence-corrected chi connectivity index (χ3v) is 4.13. The molecule has 4 nitrogen and oxygen atoms in total. The van der Waals surface area contributed by atoms with Crippen molar-refractivity contribution in [3.63, 3.8) is 0 Å². The molecule has 0 radical (unpaired) electrons. The topological polar surface area (TPSA) is 57.6 Å². The van der Waals surface area contributed by atoms with E-state index in [1.54, 1.807) is 0 Å². The van der Waals surface area contributed by atoms with Crippen molar-refractivity contribution < 1.29 is 23.5 Å². The van der Waals surface area contributed by atoms with Crippen molar-refractivity contribution in [2.24, 2.45) is 0 Å². The number of halogens is 2. The number of carboxylic acid groups (broad SMARTS) is 1. The zero-order chi connectivity index (χ0) is 17.9. The highest BCUT2D eigenvalue weighted by Gasteiger charge is 2.37. The summed E-state index contributed by atoms with van der Waals surface area (Å²) in [7, 11) is 0. The second-order valence-corrected chi connectivity index (χ2v) is 5.77. The van der Waals surface area contributed by atoms with Crippen LogP contribution in [0.5, 0.6) is 0 Å². The quantitative estimate of drug-likeness (QED) is 0.661. The van der Waals surface area contributed by atoms with Crippen LogP contribution < -0.4 is 0 Å². The molecule has 1 fully saturated rings. The highest BCUT2D eigenvalue weighted by atomic mass is 19.1. The normalized spacial score (nSPS) is 21.0. The van der Waals surface area contributed by atoms with Crippen LogP contribution in [0.15, 0.2) is 42.5 Å². The zero-order valence-electron chi connectivity index (χ0n) is 13.3. The van der Waals surface area contributed by atoms with Crippen LogP contribution in [0.25, 0.3) is 0 Å². The molecule has 0 unspecified atom stereocenters. The van der Waals surface area contributed by atoms with Gasteiger partial charge in [0.25, 0.3) is 0 Å². The lowest BCUT2D eigenvalue weighted by atomic mass is 10.0. The predicted octanol–water partition coefficient (Wildman–Crippen LogP) is 3.60. The van der Waals surface area contributed by atoms with Crippen molar-refractivity contribution >= 4 is 11.9 Å². The van der Waals surface area contributed by atoms with E-state index in [2.05, 4.69) is 6.58 Å². The summed E-state index contributed by atoms with van der Waals surface area (Å²) in [5.41, 5.74) is 0.216. The fourth-order valence-corrected chi connectivity index (χ4v) is 3.02. The number of carbonyl (C=O) groups excluding carboxylic acids is 1. The van der Waals surface area contributed by atoms with E-state index in [9.17, 15) is 18.4 Å². The first kappa shape index (κ1) is 17.8.